The molecule has 1 aliphatic rings. The Kier molecular flexibility index (Phi) is 6.53. The third-order valence-corrected chi connectivity index (χ3v) is 5.23. The SMILES string of the molecule is N#CCCCCCCCNc1c2c(nc3cc(Cl)ccc13)CCCC2. The van der Waals surface area contributed by atoms with Crippen LogP contribution in [0.4, 0.5) is 5.69 Å². The molecule has 1 aromatic heterocycles. The maximum atomic E-state index is 8.56. The first-order valence-corrected chi connectivity index (χ1v) is 9.89. The highest BCUT2D eigenvalue weighted by Crippen LogP contribution is 2.34. The number of nitriles is 1. The first kappa shape index (κ1) is 18.0. The van der Waals surface area contributed by atoms with E-state index in [4.69, 9.17) is 21.8 Å². The van der Waals surface area contributed by atoms with Crippen molar-refractivity contribution in [1.29, 1.82) is 5.26 Å². The summed E-state index contributed by atoms with van der Waals surface area (Å²) in [5.74, 6) is 0. The number of aromatic nitrogens is 1. The van der Waals surface area contributed by atoms with Gasteiger partial charge in [0.1, 0.15) is 0 Å². The van der Waals surface area contributed by atoms with E-state index in [1.807, 2.05) is 12.1 Å². The summed E-state index contributed by atoms with van der Waals surface area (Å²) in [5.41, 5.74) is 4.95. The summed E-state index contributed by atoms with van der Waals surface area (Å²) in [5, 5.41) is 14.2. The van der Waals surface area contributed by atoms with E-state index in [1.165, 1.54) is 60.9 Å². The van der Waals surface area contributed by atoms with Crippen LogP contribution in [0.2, 0.25) is 5.02 Å². The Morgan fingerprint density at radius 3 is 2.76 bits per heavy atom. The van der Waals surface area contributed by atoms with Gasteiger partial charge in [-0.1, -0.05) is 30.9 Å². The first-order valence-electron chi connectivity index (χ1n) is 9.51. The fourth-order valence-corrected chi connectivity index (χ4v) is 3.84. The summed E-state index contributed by atoms with van der Waals surface area (Å²) >= 11 is 6.17. The molecule has 0 unspecified atom stereocenters. The van der Waals surface area contributed by atoms with Gasteiger partial charge < -0.3 is 5.32 Å². The van der Waals surface area contributed by atoms with E-state index in [0.29, 0.717) is 6.42 Å². The molecule has 0 aliphatic heterocycles. The number of anilines is 1. The number of hydrogen-bond donors (Lipinski definition) is 1. The molecule has 1 aromatic carbocycles. The Bertz CT molecular complexity index is 764. The fourth-order valence-electron chi connectivity index (χ4n) is 3.67. The second-order valence-corrected chi connectivity index (χ2v) is 7.32. The van der Waals surface area contributed by atoms with Crippen LogP contribution in [0.1, 0.15) is 62.6 Å². The number of rotatable bonds is 8. The molecule has 0 saturated heterocycles. The van der Waals surface area contributed by atoms with E-state index >= 15 is 0 Å². The largest absolute Gasteiger partial charge is 0.384 e. The molecule has 1 N–H and O–H groups in total. The minimum absolute atomic E-state index is 0.690. The summed E-state index contributed by atoms with van der Waals surface area (Å²) < 4.78 is 0. The zero-order chi connectivity index (χ0) is 17.5. The summed E-state index contributed by atoms with van der Waals surface area (Å²) in [6, 6.07) is 8.25. The Morgan fingerprint density at radius 1 is 1.08 bits per heavy atom. The molecule has 0 radical (unpaired) electrons. The number of aryl methyl sites for hydroxylation is 1. The van der Waals surface area contributed by atoms with Crippen molar-refractivity contribution < 1.29 is 0 Å². The van der Waals surface area contributed by atoms with Crippen LogP contribution in [0.5, 0.6) is 0 Å². The highest BCUT2D eigenvalue weighted by molar-refractivity contribution is 6.31. The maximum Gasteiger partial charge on any atom is 0.0741 e. The average molecular weight is 356 g/mol. The third kappa shape index (κ3) is 4.64. The van der Waals surface area contributed by atoms with Gasteiger partial charge in [-0.15, -0.1) is 0 Å². The predicted octanol–water partition coefficient (Wildman–Crippen LogP) is 6.04. The van der Waals surface area contributed by atoms with E-state index in [1.54, 1.807) is 0 Å². The van der Waals surface area contributed by atoms with E-state index in [2.05, 4.69) is 17.5 Å². The second-order valence-electron chi connectivity index (χ2n) is 6.88. The molecule has 0 amide bonds. The van der Waals surface area contributed by atoms with E-state index in [9.17, 15) is 0 Å². The molecule has 0 saturated carbocycles. The molecule has 132 valence electrons. The third-order valence-electron chi connectivity index (χ3n) is 4.99. The average Bonchev–Trinajstić information content (AvgIpc) is 2.63. The lowest BCUT2D eigenvalue weighted by Gasteiger charge is -2.22. The summed E-state index contributed by atoms with van der Waals surface area (Å²) in [6.45, 7) is 0.992. The van der Waals surface area contributed by atoms with Crippen LogP contribution in [0.25, 0.3) is 10.9 Å². The van der Waals surface area contributed by atoms with Gasteiger partial charge in [-0.05, 0) is 62.3 Å². The van der Waals surface area contributed by atoms with Crippen molar-refractivity contribution in [3.05, 3.63) is 34.5 Å². The number of benzene rings is 1. The summed E-state index contributed by atoms with van der Waals surface area (Å²) in [4.78, 5) is 4.87. The van der Waals surface area contributed by atoms with Crippen LogP contribution in [0, 0.1) is 11.3 Å². The van der Waals surface area contributed by atoms with Crippen LogP contribution in [-0.4, -0.2) is 11.5 Å². The van der Waals surface area contributed by atoms with E-state index < -0.39 is 0 Å². The van der Waals surface area contributed by atoms with Gasteiger partial charge in [-0.3, -0.25) is 4.98 Å². The predicted molar refractivity (Wildman–Crippen MR) is 105 cm³/mol. The molecule has 4 heteroatoms. The van der Waals surface area contributed by atoms with Crippen molar-refractivity contribution in [2.45, 2.75) is 64.2 Å². The molecular weight excluding hydrogens is 330 g/mol. The topological polar surface area (TPSA) is 48.7 Å². The highest BCUT2D eigenvalue weighted by Gasteiger charge is 2.18. The quantitative estimate of drug-likeness (QED) is 0.587. The van der Waals surface area contributed by atoms with Crippen LogP contribution < -0.4 is 5.32 Å². The lowest BCUT2D eigenvalue weighted by molar-refractivity contribution is 0.629. The van der Waals surface area contributed by atoms with Crippen LogP contribution in [0.3, 0.4) is 0 Å². The van der Waals surface area contributed by atoms with Crippen molar-refractivity contribution in [3.63, 3.8) is 0 Å². The van der Waals surface area contributed by atoms with E-state index in [0.717, 1.165) is 36.3 Å². The molecule has 1 aliphatic carbocycles. The Hall–Kier alpha value is -1.79. The summed E-state index contributed by atoms with van der Waals surface area (Å²) in [7, 11) is 0. The van der Waals surface area contributed by atoms with Crippen molar-refractivity contribution in [2.24, 2.45) is 0 Å². The Balaban J connectivity index is 1.66. The van der Waals surface area contributed by atoms with Gasteiger partial charge >= 0.3 is 0 Å². The van der Waals surface area contributed by atoms with Gasteiger partial charge in [0.25, 0.3) is 0 Å². The number of nitrogens with zero attached hydrogens (tertiary/aromatic N) is 2. The fraction of sp³-hybridized carbons (Fsp3) is 0.524. The van der Waals surface area contributed by atoms with Gasteiger partial charge in [0.2, 0.25) is 0 Å². The number of halogens is 1. The number of nitrogens with one attached hydrogen (secondary N) is 1. The standard InChI is InChI=1S/C21H26ClN3/c22-16-11-12-18-20(15-16)25-19-10-6-5-9-17(19)21(18)24-14-8-4-2-1-3-7-13-23/h11-12,15H,1-10,14H2,(H,24,25). The molecule has 0 fully saturated rings. The molecule has 0 spiro atoms. The van der Waals surface area contributed by atoms with Gasteiger partial charge in [0, 0.05) is 34.8 Å². The normalized spacial score (nSPS) is 13.4. The molecular formula is C21H26ClN3. The highest BCUT2D eigenvalue weighted by atomic mass is 35.5. The molecule has 25 heavy (non-hydrogen) atoms. The van der Waals surface area contributed by atoms with Gasteiger partial charge in [-0.2, -0.15) is 5.26 Å². The van der Waals surface area contributed by atoms with Crippen molar-refractivity contribution in [2.75, 3.05) is 11.9 Å². The molecule has 3 rings (SSSR count). The Morgan fingerprint density at radius 2 is 1.88 bits per heavy atom. The zero-order valence-corrected chi connectivity index (χ0v) is 15.5. The number of unbranched alkanes of at least 4 members (excludes halogenated alkanes) is 5. The van der Waals surface area contributed by atoms with Crippen LogP contribution in [0.15, 0.2) is 18.2 Å². The molecule has 3 nitrogen and oxygen atoms in total. The van der Waals surface area contributed by atoms with Crippen molar-refractivity contribution >= 4 is 28.2 Å². The number of pyridine rings is 1. The molecule has 2 aromatic rings. The van der Waals surface area contributed by atoms with E-state index in [-0.39, 0.29) is 0 Å². The number of hydrogen-bond acceptors (Lipinski definition) is 3. The lowest BCUT2D eigenvalue weighted by atomic mass is 9.92. The Labute approximate surface area is 155 Å². The van der Waals surface area contributed by atoms with Crippen LogP contribution >= 0.6 is 11.6 Å². The molecule has 1 heterocycles. The van der Waals surface area contributed by atoms with Crippen molar-refractivity contribution in [3.8, 4) is 6.07 Å². The monoisotopic (exact) mass is 355 g/mol. The second kappa shape index (κ2) is 9.06. The minimum atomic E-state index is 0.690. The smallest absolute Gasteiger partial charge is 0.0741 e. The summed E-state index contributed by atoms with van der Waals surface area (Å²) in [6.07, 6.45) is 11.2. The number of fused-ring (bicyclic) bond motifs is 2. The molecule has 0 atom stereocenters. The lowest BCUT2D eigenvalue weighted by Crippen LogP contribution is -2.12. The van der Waals surface area contributed by atoms with Crippen molar-refractivity contribution in [1.82, 2.24) is 4.98 Å². The minimum Gasteiger partial charge on any atom is -0.384 e. The van der Waals surface area contributed by atoms with Crippen LogP contribution in [-0.2, 0) is 12.8 Å². The molecule has 0 bridgehead atoms. The van der Waals surface area contributed by atoms with Gasteiger partial charge in [0.05, 0.1) is 11.6 Å². The maximum absolute atomic E-state index is 8.56. The zero-order valence-electron chi connectivity index (χ0n) is 14.8. The van der Waals surface area contributed by atoms with Gasteiger partial charge in [-0.25, -0.2) is 0 Å². The van der Waals surface area contributed by atoms with Gasteiger partial charge in [0.15, 0.2) is 0 Å². The first-order chi connectivity index (χ1) is 12.3.